The number of nitrogens with one attached hydrogen (secondary N) is 1. The summed E-state index contributed by atoms with van der Waals surface area (Å²) < 4.78 is 0. The van der Waals surface area contributed by atoms with Crippen LogP contribution in [0, 0.1) is 16.7 Å². The molecule has 104 valence electrons. The first-order valence-electron chi connectivity index (χ1n) is 7.40. The predicted octanol–water partition coefficient (Wildman–Crippen LogP) is 2.78. The predicted molar refractivity (Wildman–Crippen MR) is 76.4 cm³/mol. The molecule has 18 heavy (non-hydrogen) atoms. The largest absolute Gasteiger partial charge is 0.303 e. The second-order valence-corrected chi connectivity index (χ2v) is 6.06. The Labute approximate surface area is 113 Å². The zero-order chi connectivity index (χ0) is 13.6. The van der Waals surface area contributed by atoms with Gasteiger partial charge in [-0.05, 0) is 31.3 Å². The highest BCUT2D eigenvalue weighted by Gasteiger charge is 2.46. The normalized spacial score (nSPS) is 27.1. The second-order valence-electron chi connectivity index (χ2n) is 6.06. The summed E-state index contributed by atoms with van der Waals surface area (Å²) in [5.74, 6) is 0. The molecule has 0 radical (unpaired) electrons. The van der Waals surface area contributed by atoms with Gasteiger partial charge in [-0.15, -0.1) is 0 Å². The lowest BCUT2D eigenvalue weighted by molar-refractivity contribution is 0.106. The molecule has 0 amide bonds. The van der Waals surface area contributed by atoms with E-state index < -0.39 is 0 Å². The molecule has 1 aliphatic carbocycles. The van der Waals surface area contributed by atoms with Gasteiger partial charge in [0.05, 0.1) is 6.07 Å². The van der Waals surface area contributed by atoms with Crippen LogP contribution in [0.2, 0.25) is 0 Å². The number of hydrogen-bond acceptors (Lipinski definition) is 3. The molecule has 3 nitrogen and oxygen atoms in total. The Bertz CT molecular complexity index is 289. The van der Waals surface area contributed by atoms with Crippen LogP contribution < -0.4 is 5.32 Å². The average molecular weight is 251 g/mol. The quantitative estimate of drug-likeness (QED) is 0.789. The van der Waals surface area contributed by atoms with Gasteiger partial charge < -0.3 is 4.90 Å². The van der Waals surface area contributed by atoms with E-state index in [-0.39, 0.29) is 11.0 Å². The van der Waals surface area contributed by atoms with E-state index in [4.69, 9.17) is 0 Å². The Kier molecular flexibility index (Phi) is 5.62. The number of hydrogen-bond donors (Lipinski definition) is 1. The maximum Gasteiger partial charge on any atom is 0.111 e. The maximum atomic E-state index is 9.63. The molecule has 1 saturated carbocycles. The molecule has 3 heteroatoms. The fraction of sp³-hybridized carbons (Fsp3) is 0.933. The molecule has 1 atom stereocenters. The van der Waals surface area contributed by atoms with E-state index in [0.29, 0.717) is 0 Å². The zero-order valence-corrected chi connectivity index (χ0v) is 12.6. The lowest BCUT2D eigenvalue weighted by Gasteiger charge is -2.46. The van der Waals surface area contributed by atoms with Gasteiger partial charge in [0.15, 0.2) is 0 Å². The van der Waals surface area contributed by atoms with Crippen molar-refractivity contribution in [3.63, 3.8) is 0 Å². The van der Waals surface area contributed by atoms with Crippen LogP contribution in [0.3, 0.4) is 0 Å². The minimum absolute atomic E-state index is 0.0866. The molecule has 1 N–H and O–H groups in total. The molecule has 1 rings (SSSR count). The summed E-state index contributed by atoms with van der Waals surface area (Å²) in [4.78, 5) is 2.40. The summed E-state index contributed by atoms with van der Waals surface area (Å²) in [7, 11) is 0. The number of nitrogens with zero attached hydrogens (tertiary/aromatic N) is 2. The topological polar surface area (TPSA) is 39.1 Å². The molecule has 1 aliphatic rings. The van der Waals surface area contributed by atoms with Gasteiger partial charge in [0.25, 0.3) is 0 Å². The van der Waals surface area contributed by atoms with Crippen LogP contribution in [0.5, 0.6) is 0 Å². The summed E-state index contributed by atoms with van der Waals surface area (Å²) in [6.07, 6.45) is 4.58. The van der Waals surface area contributed by atoms with Gasteiger partial charge in [-0.2, -0.15) is 5.26 Å². The minimum atomic E-state index is -0.321. The first kappa shape index (κ1) is 15.5. The van der Waals surface area contributed by atoms with E-state index >= 15 is 0 Å². The summed E-state index contributed by atoms with van der Waals surface area (Å²) in [5.41, 5.74) is -0.234. The van der Waals surface area contributed by atoms with E-state index in [1.54, 1.807) is 0 Å². The summed E-state index contributed by atoms with van der Waals surface area (Å²) in [6, 6.07) is 2.59. The van der Waals surface area contributed by atoms with Gasteiger partial charge in [0.2, 0.25) is 0 Å². The standard InChI is InChI=1S/C15H29N3/c1-5-18(6-2)12-11-17-15(13-16)10-8-7-9-14(15,3)4/h17H,5-12H2,1-4H3. The van der Waals surface area contributed by atoms with Crippen molar-refractivity contribution >= 4 is 0 Å². The molecule has 1 unspecified atom stereocenters. The fourth-order valence-electron chi connectivity index (χ4n) is 3.05. The highest BCUT2D eigenvalue weighted by atomic mass is 15.1. The van der Waals surface area contributed by atoms with Crippen molar-refractivity contribution in [1.82, 2.24) is 10.2 Å². The Morgan fingerprint density at radius 3 is 2.28 bits per heavy atom. The fourth-order valence-corrected chi connectivity index (χ4v) is 3.05. The van der Waals surface area contributed by atoms with Crippen LogP contribution >= 0.6 is 0 Å². The maximum absolute atomic E-state index is 9.63. The van der Waals surface area contributed by atoms with Crippen molar-refractivity contribution < 1.29 is 0 Å². The van der Waals surface area contributed by atoms with Crippen molar-refractivity contribution in [2.24, 2.45) is 5.41 Å². The average Bonchev–Trinajstić information content (AvgIpc) is 2.36. The summed E-state index contributed by atoms with van der Waals surface area (Å²) >= 11 is 0. The van der Waals surface area contributed by atoms with Crippen LogP contribution in [-0.4, -0.2) is 36.6 Å². The van der Waals surface area contributed by atoms with E-state index in [2.05, 4.69) is 44.0 Å². The lowest BCUT2D eigenvalue weighted by Crippen LogP contribution is -2.58. The monoisotopic (exact) mass is 251 g/mol. The number of rotatable bonds is 6. The molecule has 0 aromatic carbocycles. The molecular formula is C15H29N3. The Morgan fingerprint density at radius 1 is 1.17 bits per heavy atom. The molecule has 0 bridgehead atoms. The lowest BCUT2D eigenvalue weighted by atomic mass is 9.64. The first-order valence-corrected chi connectivity index (χ1v) is 7.40. The van der Waals surface area contributed by atoms with Crippen LogP contribution in [0.25, 0.3) is 0 Å². The van der Waals surface area contributed by atoms with E-state index in [9.17, 15) is 5.26 Å². The van der Waals surface area contributed by atoms with Crippen molar-refractivity contribution in [3.05, 3.63) is 0 Å². The van der Waals surface area contributed by atoms with Crippen LogP contribution in [-0.2, 0) is 0 Å². The van der Waals surface area contributed by atoms with Crippen LogP contribution in [0.15, 0.2) is 0 Å². The second kappa shape index (κ2) is 6.54. The van der Waals surface area contributed by atoms with Crippen molar-refractivity contribution in [3.8, 4) is 6.07 Å². The minimum Gasteiger partial charge on any atom is -0.303 e. The van der Waals surface area contributed by atoms with Gasteiger partial charge in [-0.3, -0.25) is 5.32 Å². The Balaban J connectivity index is 2.58. The number of likely N-dealkylation sites (N-methyl/N-ethyl adjacent to an activating group) is 1. The highest BCUT2D eigenvalue weighted by molar-refractivity contribution is 5.16. The molecule has 0 heterocycles. The smallest absolute Gasteiger partial charge is 0.111 e. The Hall–Kier alpha value is -0.590. The zero-order valence-electron chi connectivity index (χ0n) is 12.6. The SMILES string of the molecule is CCN(CC)CCNC1(C#N)CCCCC1(C)C. The first-order chi connectivity index (χ1) is 8.51. The van der Waals surface area contributed by atoms with Gasteiger partial charge >= 0.3 is 0 Å². The van der Waals surface area contributed by atoms with Crippen LogP contribution in [0.1, 0.15) is 53.4 Å². The van der Waals surface area contributed by atoms with Crippen molar-refractivity contribution in [2.45, 2.75) is 58.9 Å². The number of nitriles is 1. The summed E-state index contributed by atoms with van der Waals surface area (Å²) in [5, 5.41) is 13.2. The van der Waals surface area contributed by atoms with Gasteiger partial charge in [0, 0.05) is 13.1 Å². The molecule has 0 saturated heterocycles. The van der Waals surface area contributed by atoms with Crippen molar-refractivity contribution in [2.75, 3.05) is 26.2 Å². The van der Waals surface area contributed by atoms with Crippen LogP contribution in [0.4, 0.5) is 0 Å². The molecule has 0 spiro atoms. The van der Waals surface area contributed by atoms with Gasteiger partial charge in [-0.25, -0.2) is 0 Å². The molecule has 0 aromatic rings. The van der Waals surface area contributed by atoms with E-state index in [1.807, 2.05) is 0 Å². The molecule has 1 fully saturated rings. The third kappa shape index (κ3) is 3.24. The highest BCUT2D eigenvalue weighted by Crippen LogP contribution is 2.43. The van der Waals surface area contributed by atoms with Crippen molar-refractivity contribution in [1.29, 1.82) is 5.26 Å². The molecule has 0 aromatic heterocycles. The molecular weight excluding hydrogens is 222 g/mol. The third-order valence-electron chi connectivity index (χ3n) is 4.70. The van der Waals surface area contributed by atoms with E-state index in [0.717, 1.165) is 39.0 Å². The van der Waals surface area contributed by atoms with Gasteiger partial charge in [-0.1, -0.05) is 40.5 Å². The summed E-state index contributed by atoms with van der Waals surface area (Å²) in [6.45, 7) is 13.0. The third-order valence-corrected chi connectivity index (χ3v) is 4.70. The van der Waals surface area contributed by atoms with Gasteiger partial charge in [0.1, 0.15) is 5.54 Å². The Morgan fingerprint density at radius 2 is 1.78 bits per heavy atom. The molecule has 0 aliphatic heterocycles. The van der Waals surface area contributed by atoms with E-state index in [1.165, 1.54) is 12.8 Å².